The second-order valence-electron chi connectivity index (χ2n) is 7.88. The fourth-order valence-electron chi connectivity index (χ4n) is 4.39. The Morgan fingerprint density at radius 1 is 1.06 bits per heavy atom. The molecule has 2 atom stereocenters. The van der Waals surface area contributed by atoms with Crippen LogP contribution in [0.25, 0.3) is 6.08 Å². The lowest BCUT2D eigenvalue weighted by Gasteiger charge is -2.45. The van der Waals surface area contributed by atoms with Gasteiger partial charge < -0.3 is 9.84 Å². The van der Waals surface area contributed by atoms with Crippen LogP contribution in [0.2, 0.25) is 0 Å². The van der Waals surface area contributed by atoms with Crippen molar-refractivity contribution in [2.75, 3.05) is 0 Å². The number of hydrogen-bond acceptors (Lipinski definition) is 6. The van der Waals surface area contributed by atoms with Gasteiger partial charge in [-0.2, -0.15) is 5.10 Å². The zero-order valence-corrected chi connectivity index (χ0v) is 17.8. The molecule has 3 heterocycles. The summed E-state index contributed by atoms with van der Waals surface area (Å²) in [6.07, 6.45) is 2.61. The molecule has 0 aromatic heterocycles. The number of phenols is 1. The van der Waals surface area contributed by atoms with Gasteiger partial charge in [0.15, 0.2) is 0 Å². The Bertz CT molecular complexity index is 1270. The number of fused-ring (bicyclic) bond motifs is 4. The van der Waals surface area contributed by atoms with E-state index in [1.807, 2.05) is 59.6 Å². The molecule has 158 valence electrons. The summed E-state index contributed by atoms with van der Waals surface area (Å²) in [6, 6.07) is 24.8. The lowest BCUT2D eigenvalue weighted by molar-refractivity contribution is -0.0949. The molecule has 3 aliphatic rings. The van der Waals surface area contributed by atoms with Gasteiger partial charge in [0.1, 0.15) is 11.5 Å². The maximum Gasteiger partial charge on any atom is 0.314 e. The first-order valence-electron chi connectivity index (χ1n) is 10.3. The summed E-state index contributed by atoms with van der Waals surface area (Å²) in [6.45, 7) is 0. The van der Waals surface area contributed by atoms with Gasteiger partial charge in [-0.25, -0.2) is 5.01 Å². The standard InChI is InChI=1S/C25H19N3O3S/c29-18-12-10-16(11-13-18)14-23-25(26-24(30)32-23)28-21(19-8-4-5-9-22(19)31-25)15-20(27-28)17-6-2-1-3-7-17/h1-14,21,29H,15H2,(H,26,30)/b23-14-. The fourth-order valence-corrected chi connectivity index (χ4v) is 5.30. The van der Waals surface area contributed by atoms with Crippen molar-refractivity contribution in [2.24, 2.45) is 5.10 Å². The molecule has 7 heteroatoms. The minimum Gasteiger partial charge on any atom is -0.508 e. The molecule has 6 rings (SSSR count). The van der Waals surface area contributed by atoms with Gasteiger partial charge in [-0.3, -0.25) is 10.1 Å². The van der Waals surface area contributed by atoms with E-state index in [2.05, 4.69) is 11.4 Å². The number of rotatable bonds is 2. The molecule has 3 aromatic rings. The highest BCUT2D eigenvalue weighted by Gasteiger charge is 2.58. The summed E-state index contributed by atoms with van der Waals surface area (Å²) in [5.74, 6) is -0.304. The zero-order chi connectivity index (χ0) is 21.7. The number of aromatic hydroxyl groups is 1. The van der Waals surface area contributed by atoms with Crippen LogP contribution in [0.3, 0.4) is 0 Å². The monoisotopic (exact) mass is 441 g/mol. The Morgan fingerprint density at radius 3 is 2.62 bits per heavy atom. The Morgan fingerprint density at radius 2 is 1.81 bits per heavy atom. The van der Waals surface area contributed by atoms with Crippen molar-refractivity contribution in [1.82, 2.24) is 10.3 Å². The van der Waals surface area contributed by atoms with Crippen LogP contribution >= 0.6 is 11.8 Å². The molecule has 32 heavy (non-hydrogen) atoms. The van der Waals surface area contributed by atoms with Crippen molar-refractivity contribution < 1.29 is 14.6 Å². The van der Waals surface area contributed by atoms with Crippen molar-refractivity contribution >= 4 is 28.8 Å². The van der Waals surface area contributed by atoms with Crippen LogP contribution in [-0.2, 0) is 0 Å². The van der Waals surface area contributed by atoms with E-state index in [-0.39, 0.29) is 17.0 Å². The van der Waals surface area contributed by atoms with Crippen LogP contribution in [0.4, 0.5) is 4.79 Å². The molecular formula is C25H19N3O3S. The number of benzene rings is 3. The van der Waals surface area contributed by atoms with Crippen LogP contribution in [0.15, 0.2) is 88.9 Å². The first kappa shape index (κ1) is 19.0. The zero-order valence-electron chi connectivity index (χ0n) is 16.9. The minimum absolute atomic E-state index is 0.0719. The highest BCUT2D eigenvalue weighted by Crippen LogP contribution is 2.52. The van der Waals surface area contributed by atoms with Gasteiger partial charge in [0.05, 0.1) is 16.7 Å². The molecule has 1 fully saturated rings. The van der Waals surface area contributed by atoms with Crippen LogP contribution in [0.5, 0.6) is 11.5 Å². The Labute approximate surface area is 189 Å². The molecule has 1 amide bonds. The summed E-state index contributed by atoms with van der Waals surface area (Å²) in [5.41, 5.74) is 3.90. The normalized spacial score (nSPS) is 24.7. The number of nitrogens with zero attached hydrogens (tertiary/aromatic N) is 2. The Kier molecular flexibility index (Phi) is 4.26. The van der Waals surface area contributed by atoms with Crippen molar-refractivity contribution in [3.63, 3.8) is 0 Å². The number of hydrazone groups is 1. The molecule has 3 aromatic carbocycles. The maximum atomic E-state index is 12.6. The van der Waals surface area contributed by atoms with Crippen LogP contribution in [0.1, 0.15) is 29.2 Å². The van der Waals surface area contributed by atoms with Gasteiger partial charge >= 0.3 is 5.85 Å². The predicted octanol–water partition coefficient (Wildman–Crippen LogP) is 5.09. The van der Waals surface area contributed by atoms with E-state index >= 15 is 0 Å². The van der Waals surface area contributed by atoms with Gasteiger partial charge in [0.25, 0.3) is 5.24 Å². The smallest absolute Gasteiger partial charge is 0.314 e. The Balaban J connectivity index is 1.51. The van der Waals surface area contributed by atoms with Gasteiger partial charge in [0, 0.05) is 12.0 Å². The SMILES string of the molecule is O=C1NC2(Oc3ccccc3C3CC(c4ccccc4)=NN32)/C(=C/c2ccc(O)cc2)S1. The van der Waals surface area contributed by atoms with E-state index in [0.717, 1.165) is 39.9 Å². The van der Waals surface area contributed by atoms with Gasteiger partial charge in [0.2, 0.25) is 0 Å². The van der Waals surface area contributed by atoms with E-state index < -0.39 is 5.85 Å². The van der Waals surface area contributed by atoms with Crippen molar-refractivity contribution in [3.05, 3.63) is 100 Å². The topological polar surface area (TPSA) is 74.2 Å². The first-order valence-corrected chi connectivity index (χ1v) is 11.2. The summed E-state index contributed by atoms with van der Waals surface area (Å²) in [5, 5.41) is 19.3. The molecule has 1 saturated heterocycles. The molecular weight excluding hydrogens is 422 g/mol. The van der Waals surface area contributed by atoms with Crippen molar-refractivity contribution in [2.45, 2.75) is 18.3 Å². The van der Waals surface area contributed by atoms with E-state index in [1.165, 1.54) is 0 Å². The molecule has 2 unspecified atom stereocenters. The van der Waals surface area contributed by atoms with E-state index in [0.29, 0.717) is 11.3 Å². The van der Waals surface area contributed by atoms with Crippen molar-refractivity contribution in [1.29, 1.82) is 0 Å². The van der Waals surface area contributed by atoms with E-state index in [1.54, 1.807) is 24.3 Å². The van der Waals surface area contributed by atoms with E-state index in [9.17, 15) is 9.90 Å². The third-order valence-electron chi connectivity index (χ3n) is 5.87. The molecule has 1 spiro atoms. The quantitative estimate of drug-likeness (QED) is 0.580. The largest absolute Gasteiger partial charge is 0.508 e. The van der Waals surface area contributed by atoms with Crippen LogP contribution in [0, 0.1) is 0 Å². The molecule has 3 aliphatic heterocycles. The van der Waals surface area contributed by atoms with E-state index in [4.69, 9.17) is 9.84 Å². The predicted molar refractivity (Wildman–Crippen MR) is 124 cm³/mol. The average Bonchev–Trinajstić information content (AvgIpc) is 3.39. The fraction of sp³-hybridized carbons (Fsp3) is 0.120. The summed E-state index contributed by atoms with van der Waals surface area (Å²) >= 11 is 1.10. The van der Waals surface area contributed by atoms with Crippen molar-refractivity contribution in [3.8, 4) is 11.5 Å². The number of phenolic OH excluding ortho intramolecular Hbond substituents is 1. The molecule has 0 aliphatic carbocycles. The van der Waals surface area contributed by atoms with Gasteiger partial charge in [-0.1, -0.05) is 60.7 Å². The molecule has 0 bridgehead atoms. The second kappa shape index (κ2) is 7.17. The highest BCUT2D eigenvalue weighted by atomic mass is 32.2. The number of hydrogen-bond donors (Lipinski definition) is 2. The number of thioether (sulfide) groups is 1. The third kappa shape index (κ3) is 2.97. The number of amides is 1. The average molecular weight is 442 g/mol. The first-order chi connectivity index (χ1) is 15.6. The molecule has 0 radical (unpaired) electrons. The number of para-hydroxylation sites is 1. The number of nitrogens with one attached hydrogen (secondary N) is 1. The molecule has 2 N–H and O–H groups in total. The number of carbonyl (C=O) groups excluding carboxylic acids is 1. The number of ether oxygens (including phenoxy) is 1. The number of carbonyl (C=O) groups is 1. The van der Waals surface area contributed by atoms with Gasteiger partial charge in [-0.05, 0) is 47.2 Å². The van der Waals surface area contributed by atoms with Crippen LogP contribution < -0.4 is 10.1 Å². The lowest BCUT2D eigenvalue weighted by atomic mass is 9.95. The summed E-state index contributed by atoms with van der Waals surface area (Å²) in [4.78, 5) is 13.3. The summed E-state index contributed by atoms with van der Waals surface area (Å²) in [7, 11) is 0. The molecule has 6 nitrogen and oxygen atoms in total. The van der Waals surface area contributed by atoms with Crippen LogP contribution in [-0.4, -0.2) is 26.9 Å². The summed E-state index contributed by atoms with van der Waals surface area (Å²) < 4.78 is 6.51. The maximum absolute atomic E-state index is 12.6. The lowest BCUT2D eigenvalue weighted by Crippen LogP contribution is -2.61. The highest BCUT2D eigenvalue weighted by molar-refractivity contribution is 8.17. The van der Waals surface area contributed by atoms with Gasteiger partial charge in [-0.15, -0.1) is 0 Å². The third-order valence-corrected chi connectivity index (χ3v) is 6.78. The second-order valence-corrected chi connectivity index (χ2v) is 8.89. The molecule has 0 saturated carbocycles. The Hall–Kier alpha value is -3.71. The minimum atomic E-state index is -1.23.